The van der Waals surface area contributed by atoms with Crippen molar-refractivity contribution in [3.63, 3.8) is 0 Å². The SMILES string of the molecule is CO[C@H]1C[C@@H]2CC[C@@H](C)[C@@](O)(O2)C(=O)C(=O)N2CCCCC2C(=O)O[C@H]([C@H](C)CC2CC[C@@H](n3cnnn3)[C@H](OC)C2)CC(=O)[C@H](C)/C=C(\C)[C@@H](O)[C@@H](OC)C(=O)[C@@H](C)C[C@H](C)/C=C/C=C/C=C/1C. The van der Waals surface area contributed by atoms with E-state index in [1.807, 2.05) is 58.1 Å². The van der Waals surface area contributed by atoms with Gasteiger partial charge in [-0.2, -0.15) is 0 Å². The van der Waals surface area contributed by atoms with Crippen LogP contribution in [0.5, 0.6) is 0 Å². The third-order valence-electron chi connectivity index (χ3n) is 15.2. The second kappa shape index (κ2) is 25.7. The quantitative estimate of drug-likeness (QED) is 0.181. The Morgan fingerprint density at radius 3 is 2.32 bits per heavy atom. The van der Waals surface area contributed by atoms with E-state index in [2.05, 4.69) is 15.5 Å². The number of nitrogens with zero attached hydrogens (tertiary/aromatic N) is 5. The number of piperidine rings is 1. The van der Waals surface area contributed by atoms with Gasteiger partial charge in [0.1, 0.15) is 36.5 Å². The summed E-state index contributed by atoms with van der Waals surface area (Å²) in [5.74, 6) is -7.92. The number of methoxy groups -OCH3 is 3. The molecule has 2 bridgehead atoms. The molecule has 4 heterocycles. The summed E-state index contributed by atoms with van der Waals surface area (Å²) in [5, 5.41) is 35.2. The minimum absolute atomic E-state index is 0.0170. The zero-order valence-electron chi connectivity index (χ0n) is 42.5. The normalized spacial score (nSPS) is 38.8. The van der Waals surface area contributed by atoms with Crippen LogP contribution in [-0.4, -0.2) is 141 Å². The van der Waals surface area contributed by atoms with E-state index in [-0.39, 0.29) is 60.9 Å². The molecule has 3 fully saturated rings. The second-order valence-electron chi connectivity index (χ2n) is 20.4. The monoisotopic (exact) mass is 966 g/mol. The number of amides is 1. The van der Waals surface area contributed by atoms with E-state index in [0.29, 0.717) is 56.9 Å². The number of rotatable bonds is 7. The van der Waals surface area contributed by atoms with Crippen LogP contribution in [0.15, 0.2) is 53.9 Å². The fourth-order valence-electron chi connectivity index (χ4n) is 10.7. The molecule has 2 saturated heterocycles. The van der Waals surface area contributed by atoms with E-state index < -0.39 is 77.8 Å². The second-order valence-corrected chi connectivity index (χ2v) is 20.4. The summed E-state index contributed by atoms with van der Waals surface area (Å²) in [6.07, 6.45) is 13.9. The highest BCUT2D eigenvalue weighted by molar-refractivity contribution is 6.39. The molecule has 1 aromatic rings. The number of Topliss-reactive ketones (excluding diaryl/α,β-unsaturated/α-hetero) is 3. The lowest BCUT2D eigenvalue weighted by molar-refractivity contribution is -0.265. The minimum Gasteiger partial charge on any atom is -0.460 e. The molecular formula is C52H79N5O12. The van der Waals surface area contributed by atoms with Crippen molar-refractivity contribution in [1.82, 2.24) is 25.1 Å². The van der Waals surface area contributed by atoms with Crippen molar-refractivity contribution in [2.45, 2.75) is 180 Å². The number of hydrogen-bond acceptors (Lipinski definition) is 15. The molecule has 5 rings (SSSR count). The van der Waals surface area contributed by atoms with Crippen molar-refractivity contribution >= 4 is 29.2 Å². The third kappa shape index (κ3) is 14.2. The van der Waals surface area contributed by atoms with Crippen molar-refractivity contribution in [2.24, 2.45) is 35.5 Å². The summed E-state index contributed by atoms with van der Waals surface area (Å²) >= 11 is 0. The van der Waals surface area contributed by atoms with Gasteiger partial charge in [0.2, 0.25) is 5.79 Å². The van der Waals surface area contributed by atoms with E-state index in [1.165, 1.54) is 12.0 Å². The highest BCUT2D eigenvalue weighted by Gasteiger charge is 2.53. The van der Waals surface area contributed by atoms with Crippen LogP contribution in [0.2, 0.25) is 0 Å². The zero-order valence-corrected chi connectivity index (χ0v) is 42.5. The number of carbonyl (C=O) groups excluding carboxylic acids is 5. The molecule has 69 heavy (non-hydrogen) atoms. The Kier molecular flexibility index (Phi) is 20.8. The maximum Gasteiger partial charge on any atom is 0.329 e. The first kappa shape index (κ1) is 55.7. The number of hydrogen-bond donors (Lipinski definition) is 2. The molecule has 1 amide bonds. The van der Waals surface area contributed by atoms with E-state index in [4.69, 9.17) is 23.7 Å². The summed E-state index contributed by atoms with van der Waals surface area (Å²) in [5.41, 5.74) is 1.27. The molecule has 17 nitrogen and oxygen atoms in total. The van der Waals surface area contributed by atoms with Crippen molar-refractivity contribution in [3.8, 4) is 0 Å². The van der Waals surface area contributed by atoms with Gasteiger partial charge in [0.05, 0.1) is 24.4 Å². The smallest absolute Gasteiger partial charge is 0.329 e. The van der Waals surface area contributed by atoms with Gasteiger partial charge in [-0.1, -0.05) is 71.1 Å². The molecule has 1 aromatic heterocycles. The fraction of sp³-hybridized carbons (Fsp3) is 0.731. The van der Waals surface area contributed by atoms with Crippen molar-refractivity contribution in [2.75, 3.05) is 27.9 Å². The van der Waals surface area contributed by atoms with Crippen LogP contribution in [0.3, 0.4) is 0 Å². The first-order valence-electron chi connectivity index (χ1n) is 25.0. The first-order chi connectivity index (χ1) is 32.8. The Bertz CT molecular complexity index is 2020. The third-order valence-corrected chi connectivity index (χ3v) is 15.2. The van der Waals surface area contributed by atoms with E-state index in [0.717, 1.165) is 18.4 Å². The number of fused-ring (bicyclic) bond motifs is 3. The summed E-state index contributed by atoms with van der Waals surface area (Å²) in [7, 11) is 4.62. The molecule has 0 aromatic carbocycles. The zero-order chi connectivity index (χ0) is 50.6. The van der Waals surface area contributed by atoms with Gasteiger partial charge in [-0.05, 0) is 117 Å². The molecular weight excluding hydrogens is 887 g/mol. The van der Waals surface area contributed by atoms with Gasteiger partial charge >= 0.3 is 5.97 Å². The Labute approximate surface area is 408 Å². The number of allylic oxidation sites excluding steroid dienone is 6. The molecule has 1 aliphatic carbocycles. The van der Waals surface area contributed by atoms with Crippen LogP contribution in [0.4, 0.5) is 0 Å². The molecule has 2 N–H and O–H groups in total. The van der Waals surface area contributed by atoms with Crippen LogP contribution in [0, 0.1) is 35.5 Å². The lowest BCUT2D eigenvalue weighted by Gasteiger charge is -2.42. The highest BCUT2D eigenvalue weighted by Crippen LogP contribution is 2.39. The highest BCUT2D eigenvalue weighted by atomic mass is 16.6. The lowest BCUT2D eigenvalue weighted by atomic mass is 9.77. The summed E-state index contributed by atoms with van der Waals surface area (Å²) in [6, 6.07) is -1.19. The van der Waals surface area contributed by atoms with Crippen molar-refractivity contribution < 1.29 is 57.9 Å². The molecule has 15 atom stereocenters. The summed E-state index contributed by atoms with van der Waals surface area (Å²) < 4.78 is 31.6. The topological polar surface area (TPSA) is 219 Å². The van der Waals surface area contributed by atoms with Crippen molar-refractivity contribution in [1.29, 1.82) is 0 Å². The Hall–Kier alpha value is -4.26. The van der Waals surface area contributed by atoms with Gasteiger partial charge < -0.3 is 38.8 Å². The molecule has 1 saturated carbocycles. The summed E-state index contributed by atoms with van der Waals surface area (Å²) in [6.45, 7) is 12.8. The molecule has 0 spiro atoms. The number of aromatic nitrogens is 4. The lowest BCUT2D eigenvalue weighted by Crippen LogP contribution is -2.61. The first-order valence-corrected chi connectivity index (χ1v) is 25.0. The number of cyclic esters (lactones) is 1. The average molecular weight is 966 g/mol. The van der Waals surface area contributed by atoms with Gasteiger partial charge in [0, 0.05) is 58.5 Å². The number of aliphatic hydroxyl groups is 2. The standard InChI is InChI=1S/C52H79N5O12/c1-31-16-12-11-13-17-32(2)43(65-8)28-39-21-19-37(7)52(64,69-39)49(61)50(62)56-23-15-14-18-41(56)51(63)68-44(34(4)26-38-20-22-40(45(27-38)66-9)57-30-53-54-55-57)29-42(58)33(3)25-36(6)47(60)48(67-10)46(59)35(5)24-31/h11-13,16-17,25,30-31,33-35,37-41,43-45,47-48,60,64H,14-15,18-24,26-29H2,1-10H3/b13-11+,16-12+,32-17+,36-25+/t31-,33-,34-,35+,37-,38?,39+,40-,41?,43+,44+,45-,47-,48+,52-/m1/s1. The number of carbonyl (C=O) groups is 5. The van der Waals surface area contributed by atoms with Gasteiger partial charge in [-0.25, -0.2) is 9.48 Å². The molecule has 2 unspecified atom stereocenters. The van der Waals surface area contributed by atoms with E-state index >= 15 is 0 Å². The number of aliphatic hydroxyl groups excluding tert-OH is 1. The summed E-state index contributed by atoms with van der Waals surface area (Å²) in [4.78, 5) is 72.3. The van der Waals surface area contributed by atoms with Crippen LogP contribution < -0.4 is 0 Å². The van der Waals surface area contributed by atoms with Crippen molar-refractivity contribution in [3.05, 3.63) is 53.9 Å². The fourth-order valence-corrected chi connectivity index (χ4v) is 10.7. The van der Waals surface area contributed by atoms with Crippen LogP contribution in [0.1, 0.15) is 132 Å². The van der Waals surface area contributed by atoms with Gasteiger partial charge in [-0.3, -0.25) is 19.2 Å². The van der Waals surface area contributed by atoms with E-state index in [9.17, 15) is 34.2 Å². The van der Waals surface area contributed by atoms with Crippen LogP contribution in [-0.2, 0) is 47.7 Å². The number of esters is 1. The van der Waals surface area contributed by atoms with E-state index in [1.54, 1.807) is 52.1 Å². The minimum atomic E-state index is -2.43. The number of tetrazole rings is 1. The largest absolute Gasteiger partial charge is 0.460 e. The molecule has 0 radical (unpaired) electrons. The van der Waals surface area contributed by atoms with Crippen LogP contribution in [0.25, 0.3) is 0 Å². The van der Waals surface area contributed by atoms with Gasteiger partial charge in [-0.15, -0.1) is 5.10 Å². The molecule has 384 valence electrons. The van der Waals surface area contributed by atoms with Crippen LogP contribution >= 0.6 is 0 Å². The van der Waals surface area contributed by atoms with Gasteiger partial charge in [0.15, 0.2) is 5.78 Å². The Balaban J connectivity index is 1.46. The average Bonchev–Trinajstić information content (AvgIpc) is 3.88. The predicted octanol–water partition coefficient (Wildman–Crippen LogP) is 6.05. The number of ketones is 3. The Morgan fingerprint density at radius 1 is 0.884 bits per heavy atom. The maximum atomic E-state index is 14.5. The molecule has 4 aliphatic rings. The predicted molar refractivity (Wildman–Crippen MR) is 256 cm³/mol. The molecule has 3 aliphatic heterocycles. The van der Waals surface area contributed by atoms with Gasteiger partial charge in [0.25, 0.3) is 11.7 Å². The molecule has 17 heteroatoms. The maximum absolute atomic E-state index is 14.5. The Morgan fingerprint density at radius 2 is 1.64 bits per heavy atom. The number of ether oxygens (including phenoxy) is 5.